The van der Waals surface area contributed by atoms with E-state index in [-0.39, 0.29) is 6.09 Å². The normalized spacial score (nSPS) is 27.3. The van der Waals surface area contributed by atoms with Crippen molar-refractivity contribution in [2.45, 2.75) is 89.4 Å². The van der Waals surface area contributed by atoms with Crippen molar-refractivity contribution >= 4 is 17.9 Å². The van der Waals surface area contributed by atoms with Crippen molar-refractivity contribution in [1.29, 1.82) is 0 Å². The second-order valence-electron chi connectivity index (χ2n) is 7.95. The topological polar surface area (TPSA) is 41.6 Å². The molecule has 1 N–H and O–H groups in total. The molecule has 0 aromatic heterocycles. The highest BCUT2D eigenvalue weighted by molar-refractivity contribution is 7.98. The molecule has 0 saturated carbocycles. The molecular weight excluding hydrogens is 308 g/mol. The van der Waals surface area contributed by atoms with Crippen LogP contribution in [0.1, 0.15) is 65.7 Å². The van der Waals surface area contributed by atoms with Crippen molar-refractivity contribution in [2.75, 3.05) is 18.6 Å². The number of carbonyl (C=O) groups is 1. The predicted octanol–water partition coefficient (Wildman–Crippen LogP) is 4.04. The summed E-state index contributed by atoms with van der Waals surface area (Å²) >= 11 is 1.93. The van der Waals surface area contributed by atoms with Crippen LogP contribution in [0, 0.1) is 0 Å². The van der Waals surface area contributed by atoms with Crippen LogP contribution in [-0.4, -0.2) is 53.3 Å². The summed E-state index contributed by atoms with van der Waals surface area (Å²) in [6.45, 7) is 6.94. The molecule has 2 atom stereocenters. The fourth-order valence-corrected chi connectivity index (χ4v) is 4.30. The smallest absolute Gasteiger partial charge is 0.410 e. The summed E-state index contributed by atoms with van der Waals surface area (Å²) < 4.78 is 5.59. The van der Waals surface area contributed by atoms with Crippen LogP contribution in [0.25, 0.3) is 0 Å². The van der Waals surface area contributed by atoms with Gasteiger partial charge in [-0.3, -0.25) is 0 Å². The fourth-order valence-electron chi connectivity index (χ4n) is 3.81. The molecule has 0 aliphatic carbocycles. The monoisotopic (exact) mass is 342 g/mol. The minimum Gasteiger partial charge on any atom is -0.444 e. The number of hydrogen-bond acceptors (Lipinski definition) is 4. The van der Waals surface area contributed by atoms with E-state index in [9.17, 15) is 4.79 Å². The van der Waals surface area contributed by atoms with Gasteiger partial charge >= 0.3 is 6.09 Å². The molecule has 2 fully saturated rings. The van der Waals surface area contributed by atoms with Gasteiger partial charge in [-0.05, 0) is 77.8 Å². The maximum Gasteiger partial charge on any atom is 0.410 e. The van der Waals surface area contributed by atoms with Crippen molar-refractivity contribution in [2.24, 2.45) is 0 Å². The van der Waals surface area contributed by atoms with E-state index in [1.54, 1.807) is 0 Å². The lowest BCUT2D eigenvalue weighted by Crippen LogP contribution is -2.52. The summed E-state index contributed by atoms with van der Waals surface area (Å²) in [5, 5.41) is 3.72. The van der Waals surface area contributed by atoms with Crippen molar-refractivity contribution in [1.82, 2.24) is 10.2 Å². The molecule has 0 spiro atoms. The Bertz CT molecular complexity index is 370. The Morgan fingerprint density at radius 3 is 2.39 bits per heavy atom. The lowest BCUT2D eigenvalue weighted by molar-refractivity contribution is 0.00475. The minimum atomic E-state index is -0.400. The van der Waals surface area contributed by atoms with Crippen molar-refractivity contribution < 1.29 is 9.53 Å². The van der Waals surface area contributed by atoms with E-state index < -0.39 is 5.60 Å². The molecule has 2 bridgehead atoms. The van der Waals surface area contributed by atoms with Crippen LogP contribution in [-0.2, 0) is 4.74 Å². The van der Waals surface area contributed by atoms with Gasteiger partial charge in [0, 0.05) is 18.1 Å². The Labute approximate surface area is 146 Å². The number of unbranched alkanes of at least 4 members (excludes halogenated alkanes) is 2. The van der Waals surface area contributed by atoms with Crippen LogP contribution >= 0.6 is 11.8 Å². The molecule has 2 rings (SSSR count). The SMILES string of the molecule is CSCCCCCNC1CC2CCC(C1)N2C(=O)OC(C)(C)C. The van der Waals surface area contributed by atoms with E-state index in [0.717, 1.165) is 32.2 Å². The summed E-state index contributed by atoms with van der Waals surface area (Å²) in [4.78, 5) is 14.5. The van der Waals surface area contributed by atoms with Gasteiger partial charge in [0.25, 0.3) is 0 Å². The molecule has 0 aromatic rings. The van der Waals surface area contributed by atoms with Crippen molar-refractivity contribution in [3.05, 3.63) is 0 Å². The Morgan fingerprint density at radius 1 is 1.17 bits per heavy atom. The molecule has 2 heterocycles. The van der Waals surface area contributed by atoms with Gasteiger partial charge in [-0.2, -0.15) is 11.8 Å². The van der Waals surface area contributed by atoms with Gasteiger partial charge < -0.3 is 15.0 Å². The van der Waals surface area contributed by atoms with E-state index >= 15 is 0 Å². The second kappa shape index (κ2) is 8.61. The number of ether oxygens (including phenoxy) is 1. The lowest BCUT2D eigenvalue weighted by Gasteiger charge is -2.39. The zero-order valence-electron chi connectivity index (χ0n) is 15.3. The molecule has 23 heavy (non-hydrogen) atoms. The standard InChI is InChI=1S/C18H34N2O2S/c1-18(2,3)22-17(21)20-15-8-9-16(20)13-14(12-15)19-10-6-5-7-11-23-4/h14-16,19H,5-13H2,1-4H3. The first-order valence-electron chi connectivity index (χ1n) is 9.14. The van der Waals surface area contributed by atoms with Crippen molar-refractivity contribution in [3.8, 4) is 0 Å². The largest absolute Gasteiger partial charge is 0.444 e. The maximum atomic E-state index is 12.4. The Morgan fingerprint density at radius 2 is 1.83 bits per heavy atom. The number of thioether (sulfide) groups is 1. The van der Waals surface area contributed by atoms with Crippen molar-refractivity contribution in [3.63, 3.8) is 0 Å². The van der Waals surface area contributed by atoms with Crippen LogP contribution in [0.3, 0.4) is 0 Å². The average molecular weight is 343 g/mol. The summed E-state index contributed by atoms with van der Waals surface area (Å²) in [7, 11) is 0. The number of nitrogens with zero attached hydrogens (tertiary/aromatic N) is 1. The van der Waals surface area contributed by atoms with Gasteiger partial charge in [-0.25, -0.2) is 4.79 Å². The van der Waals surface area contributed by atoms with Gasteiger partial charge in [-0.1, -0.05) is 6.42 Å². The number of hydrogen-bond donors (Lipinski definition) is 1. The first kappa shape index (κ1) is 18.9. The molecule has 2 unspecified atom stereocenters. The highest BCUT2D eigenvalue weighted by Gasteiger charge is 2.44. The second-order valence-corrected chi connectivity index (χ2v) is 8.93. The summed E-state index contributed by atoms with van der Waals surface area (Å²) in [6, 6.07) is 1.32. The average Bonchev–Trinajstić information content (AvgIpc) is 2.72. The van der Waals surface area contributed by atoms with Crippen LogP contribution < -0.4 is 5.32 Å². The first-order chi connectivity index (χ1) is 10.9. The van der Waals surface area contributed by atoms with Gasteiger partial charge in [-0.15, -0.1) is 0 Å². The van der Waals surface area contributed by atoms with E-state index in [1.807, 2.05) is 37.4 Å². The van der Waals surface area contributed by atoms with E-state index in [0.29, 0.717) is 18.1 Å². The van der Waals surface area contributed by atoms with E-state index in [2.05, 4.69) is 11.6 Å². The third kappa shape index (κ3) is 5.86. The van der Waals surface area contributed by atoms with E-state index in [4.69, 9.17) is 4.74 Å². The van der Waals surface area contributed by atoms with Crippen LogP contribution in [0.2, 0.25) is 0 Å². The highest BCUT2D eigenvalue weighted by atomic mass is 32.2. The lowest BCUT2D eigenvalue weighted by atomic mass is 9.97. The highest BCUT2D eigenvalue weighted by Crippen LogP contribution is 2.36. The summed E-state index contributed by atoms with van der Waals surface area (Å²) in [5.74, 6) is 1.28. The fraction of sp³-hybridized carbons (Fsp3) is 0.944. The summed E-state index contributed by atoms with van der Waals surface area (Å²) in [6.07, 6.45) is 10.4. The number of fused-ring (bicyclic) bond motifs is 2. The Hall–Kier alpha value is -0.420. The van der Waals surface area contributed by atoms with Crippen LogP contribution in [0.4, 0.5) is 4.79 Å². The molecule has 4 nitrogen and oxygen atoms in total. The predicted molar refractivity (Wildman–Crippen MR) is 98.1 cm³/mol. The van der Waals surface area contributed by atoms with Gasteiger partial charge in [0.1, 0.15) is 5.60 Å². The number of carbonyl (C=O) groups excluding carboxylic acids is 1. The van der Waals surface area contributed by atoms with Gasteiger partial charge in [0.2, 0.25) is 0 Å². The zero-order valence-corrected chi connectivity index (χ0v) is 16.1. The third-order valence-electron chi connectivity index (χ3n) is 4.80. The first-order valence-corrected chi connectivity index (χ1v) is 10.5. The Kier molecular flexibility index (Phi) is 7.08. The van der Waals surface area contributed by atoms with Gasteiger partial charge in [0.15, 0.2) is 0 Å². The number of rotatable bonds is 7. The number of amides is 1. The number of piperidine rings is 1. The van der Waals surface area contributed by atoms with Gasteiger partial charge in [0.05, 0.1) is 0 Å². The van der Waals surface area contributed by atoms with Crippen LogP contribution in [0.15, 0.2) is 0 Å². The molecular formula is C18H34N2O2S. The zero-order chi connectivity index (χ0) is 16.9. The molecule has 2 saturated heterocycles. The molecule has 2 aliphatic heterocycles. The minimum absolute atomic E-state index is 0.111. The maximum absolute atomic E-state index is 12.4. The summed E-state index contributed by atoms with van der Waals surface area (Å²) in [5.41, 5.74) is -0.400. The third-order valence-corrected chi connectivity index (χ3v) is 5.49. The molecule has 1 amide bonds. The Balaban J connectivity index is 1.73. The molecule has 2 aliphatic rings. The quantitative estimate of drug-likeness (QED) is 0.709. The molecule has 0 aromatic carbocycles. The molecule has 0 radical (unpaired) electrons. The van der Waals surface area contributed by atoms with E-state index in [1.165, 1.54) is 25.0 Å². The molecule has 5 heteroatoms. The van der Waals surface area contributed by atoms with Crippen LogP contribution in [0.5, 0.6) is 0 Å². The molecule has 134 valence electrons. The number of nitrogens with one attached hydrogen (secondary N) is 1.